The number of aliphatic carboxylic acids is 1. The number of nitrogens with one attached hydrogen (secondary N) is 1. The van der Waals surface area contributed by atoms with Crippen LogP contribution in [-0.2, 0) is 9.53 Å². The van der Waals surface area contributed by atoms with Crippen molar-refractivity contribution in [3.63, 3.8) is 0 Å². The number of carbonyl (C=O) groups is 2. The maximum atomic E-state index is 12.1. The molecule has 0 spiro atoms. The van der Waals surface area contributed by atoms with Gasteiger partial charge in [-0.2, -0.15) is 0 Å². The molecule has 1 saturated carbocycles. The summed E-state index contributed by atoms with van der Waals surface area (Å²) in [5, 5.41) is 11.7. The molecule has 0 heterocycles. The molecule has 2 N–H and O–H groups in total. The van der Waals surface area contributed by atoms with E-state index in [9.17, 15) is 9.59 Å². The number of hydrogen-bond acceptors (Lipinski definition) is 4. The minimum absolute atomic E-state index is 0.378. The number of hydrogen-bond donors (Lipinski definition) is 2. The highest BCUT2D eigenvalue weighted by atomic mass is 16.5. The van der Waals surface area contributed by atoms with Gasteiger partial charge in [-0.3, -0.25) is 4.79 Å². The van der Waals surface area contributed by atoms with Crippen LogP contribution < -0.4 is 10.1 Å². The van der Waals surface area contributed by atoms with Crippen LogP contribution in [-0.4, -0.2) is 43.3 Å². The molecule has 0 bridgehead atoms. The van der Waals surface area contributed by atoms with E-state index in [4.69, 9.17) is 14.6 Å². The van der Waals surface area contributed by atoms with E-state index in [-0.39, 0.29) is 5.91 Å². The normalized spacial score (nSPS) is 15.1. The first-order chi connectivity index (χ1) is 10.6. The molecule has 22 heavy (non-hydrogen) atoms. The van der Waals surface area contributed by atoms with Crippen LogP contribution >= 0.6 is 0 Å². The Hall–Kier alpha value is -2.08. The first-order valence-corrected chi connectivity index (χ1v) is 7.35. The van der Waals surface area contributed by atoms with Crippen LogP contribution in [0.3, 0.4) is 0 Å². The lowest BCUT2D eigenvalue weighted by atomic mass is 10.1. The monoisotopic (exact) mass is 307 g/mol. The zero-order valence-electron chi connectivity index (χ0n) is 12.6. The highest BCUT2D eigenvalue weighted by Gasteiger charge is 2.30. The fourth-order valence-electron chi connectivity index (χ4n) is 2.10. The largest absolute Gasteiger partial charge is 0.491 e. The Morgan fingerprint density at radius 2 is 1.95 bits per heavy atom. The average Bonchev–Trinajstić information content (AvgIpc) is 3.31. The second-order valence-corrected chi connectivity index (χ2v) is 5.41. The van der Waals surface area contributed by atoms with E-state index in [2.05, 4.69) is 5.32 Å². The molecular weight excluding hydrogens is 286 g/mol. The third-order valence-corrected chi connectivity index (χ3v) is 3.54. The SMILES string of the molecule is COCCOc1ccc(C(=O)NC(CC2CC2)C(=O)O)cc1. The summed E-state index contributed by atoms with van der Waals surface area (Å²) in [6.45, 7) is 0.925. The topological polar surface area (TPSA) is 84.9 Å². The van der Waals surface area contributed by atoms with Crippen LogP contribution in [0, 0.1) is 5.92 Å². The van der Waals surface area contributed by atoms with E-state index in [1.165, 1.54) is 0 Å². The van der Waals surface area contributed by atoms with Gasteiger partial charge in [0, 0.05) is 12.7 Å². The van der Waals surface area contributed by atoms with E-state index in [0.717, 1.165) is 12.8 Å². The van der Waals surface area contributed by atoms with Gasteiger partial charge in [-0.1, -0.05) is 12.8 Å². The molecule has 1 aromatic rings. The Bertz CT molecular complexity index is 510. The number of benzene rings is 1. The number of carbonyl (C=O) groups excluding carboxylic acids is 1. The minimum Gasteiger partial charge on any atom is -0.491 e. The smallest absolute Gasteiger partial charge is 0.326 e. The molecule has 1 aromatic carbocycles. The molecule has 0 aliphatic heterocycles. The predicted molar refractivity (Wildman–Crippen MR) is 80.0 cm³/mol. The zero-order valence-corrected chi connectivity index (χ0v) is 12.6. The number of carboxylic acids is 1. The molecule has 120 valence electrons. The molecule has 1 atom stereocenters. The Labute approximate surface area is 129 Å². The number of rotatable bonds is 9. The molecule has 1 aliphatic rings. The van der Waals surface area contributed by atoms with Crippen LogP contribution in [0.15, 0.2) is 24.3 Å². The predicted octanol–water partition coefficient (Wildman–Crippen LogP) is 1.69. The molecular formula is C16H21NO5. The van der Waals surface area contributed by atoms with Gasteiger partial charge in [-0.05, 0) is 36.6 Å². The van der Waals surface area contributed by atoms with Crippen molar-refractivity contribution in [3.8, 4) is 5.75 Å². The first-order valence-electron chi connectivity index (χ1n) is 7.35. The molecule has 1 aliphatic carbocycles. The number of amides is 1. The Balaban J connectivity index is 1.89. The third kappa shape index (κ3) is 5.04. The Morgan fingerprint density at radius 3 is 2.50 bits per heavy atom. The van der Waals surface area contributed by atoms with Gasteiger partial charge in [0.05, 0.1) is 6.61 Å². The van der Waals surface area contributed by atoms with Crippen LogP contribution in [0.1, 0.15) is 29.6 Å². The van der Waals surface area contributed by atoms with Crippen molar-refractivity contribution in [2.24, 2.45) is 5.92 Å². The molecule has 6 nitrogen and oxygen atoms in total. The summed E-state index contributed by atoms with van der Waals surface area (Å²) in [7, 11) is 1.59. The van der Waals surface area contributed by atoms with Crippen LogP contribution in [0.5, 0.6) is 5.75 Å². The highest BCUT2D eigenvalue weighted by molar-refractivity contribution is 5.96. The van der Waals surface area contributed by atoms with E-state index in [0.29, 0.717) is 36.9 Å². The van der Waals surface area contributed by atoms with Crippen molar-refractivity contribution >= 4 is 11.9 Å². The van der Waals surface area contributed by atoms with Gasteiger partial charge in [-0.25, -0.2) is 4.79 Å². The minimum atomic E-state index is -0.986. The molecule has 0 aromatic heterocycles. The van der Waals surface area contributed by atoms with Gasteiger partial charge >= 0.3 is 5.97 Å². The van der Waals surface area contributed by atoms with Crippen molar-refractivity contribution in [3.05, 3.63) is 29.8 Å². The average molecular weight is 307 g/mol. The summed E-state index contributed by atoms with van der Waals surface area (Å²) in [6.07, 6.45) is 2.60. The van der Waals surface area contributed by atoms with Crippen molar-refractivity contribution in [1.29, 1.82) is 0 Å². The van der Waals surface area contributed by atoms with Crippen LogP contribution in [0.25, 0.3) is 0 Å². The molecule has 1 amide bonds. The van der Waals surface area contributed by atoms with Gasteiger partial charge in [0.2, 0.25) is 0 Å². The number of methoxy groups -OCH3 is 1. The van der Waals surface area contributed by atoms with E-state index in [1.54, 1.807) is 31.4 Å². The van der Waals surface area contributed by atoms with Gasteiger partial charge in [0.1, 0.15) is 18.4 Å². The second kappa shape index (κ2) is 7.79. The summed E-state index contributed by atoms with van der Waals surface area (Å²) in [5.74, 6) is -0.296. The van der Waals surface area contributed by atoms with Crippen LogP contribution in [0.4, 0.5) is 0 Å². The van der Waals surface area contributed by atoms with Crippen molar-refractivity contribution in [2.75, 3.05) is 20.3 Å². The molecule has 0 radical (unpaired) electrons. The van der Waals surface area contributed by atoms with Gasteiger partial charge < -0.3 is 19.9 Å². The van der Waals surface area contributed by atoms with Gasteiger partial charge in [-0.15, -0.1) is 0 Å². The molecule has 0 saturated heterocycles. The summed E-state index contributed by atoms with van der Waals surface area (Å²) in [5.41, 5.74) is 0.418. The number of ether oxygens (including phenoxy) is 2. The van der Waals surface area contributed by atoms with Crippen molar-refractivity contribution in [1.82, 2.24) is 5.32 Å². The molecule has 1 unspecified atom stereocenters. The van der Waals surface area contributed by atoms with E-state index in [1.807, 2.05) is 0 Å². The summed E-state index contributed by atoms with van der Waals surface area (Å²) >= 11 is 0. The van der Waals surface area contributed by atoms with Crippen LogP contribution in [0.2, 0.25) is 0 Å². The fourth-order valence-corrected chi connectivity index (χ4v) is 2.10. The lowest BCUT2D eigenvalue weighted by Crippen LogP contribution is -2.41. The maximum absolute atomic E-state index is 12.1. The maximum Gasteiger partial charge on any atom is 0.326 e. The summed E-state index contributed by atoms with van der Waals surface area (Å²) < 4.78 is 10.3. The molecule has 2 rings (SSSR count). The molecule has 6 heteroatoms. The van der Waals surface area contributed by atoms with E-state index >= 15 is 0 Å². The Morgan fingerprint density at radius 1 is 1.27 bits per heavy atom. The molecule has 1 fully saturated rings. The second-order valence-electron chi connectivity index (χ2n) is 5.41. The quantitative estimate of drug-likeness (QED) is 0.678. The summed E-state index contributed by atoms with van der Waals surface area (Å²) in [4.78, 5) is 23.3. The summed E-state index contributed by atoms with van der Waals surface area (Å²) in [6, 6.07) is 5.78. The lowest BCUT2D eigenvalue weighted by molar-refractivity contribution is -0.139. The van der Waals surface area contributed by atoms with Gasteiger partial charge in [0.15, 0.2) is 0 Å². The Kier molecular flexibility index (Phi) is 5.77. The zero-order chi connectivity index (χ0) is 15.9. The first kappa shape index (κ1) is 16.3. The standard InChI is InChI=1S/C16H21NO5/c1-21-8-9-22-13-6-4-12(5-7-13)15(18)17-14(16(19)20)10-11-2-3-11/h4-7,11,14H,2-3,8-10H2,1H3,(H,17,18)(H,19,20). The van der Waals surface area contributed by atoms with E-state index < -0.39 is 12.0 Å². The lowest BCUT2D eigenvalue weighted by Gasteiger charge is -2.14. The fraction of sp³-hybridized carbons (Fsp3) is 0.500. The highest BCUT2D eigenvalue weighted by Crippen LogP contribution is 2.33. The third-order valence-electron chi connectivity index (χ3n) is 3.54. The number of carboxylic acid groups (broad SMARTS) is 1. The van der Waals surface area contributed by atoms with Gasteiger partial charge in [0.25, 0.3) is 5.91 Å². The van der Waals surface area contributed by atoms with Crippen molar-refractivity contribution < 1.29 is 24.2 Å². The van der Waals surface area contributed by atoms with Crippen molar-refractivity contribution in [2.45, 2.75) is 25.3 Å².